The van der Waals surface area contributed by atoms with Crippen molar-refractivity contribution < 1.29 is 8.42 Å². The Kier molecular flexibility index (Phi) is 5.60. The number of likely N-dealkylation sites (N-methyl/N-ethyl adjacent to an activating group) is 1. The number of benzene rings is 1. The van der Waals surface area contributed by atoms with Crippen LogP contribution in [-0.2, 0) is 10.0 Å². The van der Waals surface area contributed by atoms with Gasteiger partial charge in [0.1, 0.15) is 0 Å². The molecule has 22 heavy (non-hydrogen) atoms. The van der Waals surface area contributed by atoms with Gasteiger partial charge in [-0.3, -0.25) is 4.90 Å². The summed E-state index contributed by atoms with van der Waals surface area (Å²) < 4.78 is 27.3. The van der Waals surface area contributed by atoms with Crippen molar-refractivity contribution in [1.82, 2.24) is 14.1 Å². The average molecular weight is 325 g/mol. The largest absolute Gasteiger partial charge is 0.308 e. The lowest BCUT2D eigenvalue weighted by atomic mass is 10.2. The normalized spacial score (nSPS) is 18.0. The minimum Gasteiger partial charge on any atom is -0.308 e. The molecular formula is C16H27N3O2S. The summed E-state index contributed by atoms with van der Waals surface area (Å²) in [5.74, 6) is 0. The van der Waals surface area contributed by atoms with E-state index in [-0.39, 0.29) is 0 Å². The molecule has 0 bridgehead atoms. The molecule has 6 heteroatoms. The Morgan fingerprint density at radius 2 is 1.73 bits per heavy atom. The molecule has 1 fully saturated rings. The van der Waals surface area contributed by atoms with Crippen molar-refractivity contribution in [3.63, 3.8) is 0 Å². The molecule has 1 heterocycles. The molecule has 0 N–H and O–H groups in total. The van der Waals surface area contributed by atoms with Gasteiger partial charge in [-0.25, -0.2) is 8.42 Å². The lowest BCUT2D eigenvalue weighted by Gasteiger charge is -2.34. The molecule has 2 rings (SSSR count). The molecule has 1 aromatic rings. The second kappa shape index (κ2) is 7.08. The summed E-state index contributed by atoms with van der Waals surface area (Å²) in [4.78, 5) is 4.93. The van der Waals surface area contributed by atoms with Crippen LogP contribution in [0.1, 0.15) is 11.1 Å². The summed E-state index contributed by atoms with van der Waals surface area (Å²) in [5.41, 5.74) is 1.80. The Hall–Kier alpha value is -0.950. The van der Waals surface area contributed by atoms with E-state index in [1.807, 2.05) is 26.0 Å². The summed E-state index contributed by atoms with van der Waals surface area (Å²) >= 11 is 0. The Bertz CT molecular complexity index is 606. The van der Waals surface area contributed by atoms with Gasteiger partial charge in [0.2, 0.25) is 10.0 Å². The Labute approximate surface area is 134 Å². The Morgan fingerprint density at radius 3 is 2.32 bits per heavy atom. The molecular weight excluding hydrogens is 298 g/mol. The van der Waals surface area contributed by atoms with Gasteiger partial charge >= 0.3 is 0 Å². The fourth-order valence-electron chi connectivity index (χ4n) is 2.66. The first-order valence-corrected chi connectivity index (χ1v) is 9.19. The number of piperazine rings is 1. The van der Waals surface area contributed by atoms with Crippen LogP contribution >= 0.6 is 0 Å². The first-order chi connectivity index (χ1) is 10.3. The molecule has 1 aliphatic heterocycles. The van der Waals surface area contributed by atoms with Crippen molar-refractivity contribution in [3.05, 3.63) is 29.3 Å². The highest BCUT2D eigenvalue weighted by Crippen LogP contribution is 2.22. The predicted octanol–water partition coefficient (Wildman–Crippen LogP) is 1.17. The molecule has 1 saturated heterocycles. The SMILES string of the molecule is Cc1ccc(C)c(S(=O)(=O)N2CCN(CCN(C)C)CC2)c1. The van der Waals surface area contributed by atoms with Crippen LogP contribution in [-0.4, -0.2) is 75.9 Å². The van der Waals surface area contributed by atoms with Gasteiger partial charge in [-0.05, 0) is 45.1 Å². The van der Waals surface area contributed by atoms with Crippen molar-refractivity contribution >= 4 is 10.0 Å². The van der Waals surface area contributed by atoms with E-state index in [1.54, 1.807) is 10.4 Å². The van der Waals surface area contributed by atoms with Crippen LogP contribution in [0.3, 0.4) is 0 Å². The van der Waals surface area contributed by atoms with Gasteiger partial charge in [-0.2, -0.15) is 4.31 Å². The van der Waals surface area contributed by atoms with Crippen molar-refractivity contribution in [2.24, 2.45) is 0 Å². The second-order valence-electron chi connectivity index (χ2n) is 6.32. The van der Waals surface area contributed by atoms with Gasteiger partial charge in [-0.15, -0.1) is 0 Å². The maximum absolute atomic E-state index is 12.8. The second-order valence-corrected chi connectivity index (χ2v) is 8.22. The standard InChI is InChI=1S/C16H27N3O2S/c1-14-5-6-15(2)16(13-14)22(20,21)19-11-9-18(10-12-19)8-7-17(3)4/h5-6,13H,7-12H2,1-4H3. The van der Waals surface area contributed by atoms with Crippen molar-refractivity contribution in [3.8, 4) is 0 Å². The first-order valence-electron chi connectivity index (χ1n) is 7.75. The quantitative estimate of drug-likeness (QED) is 0.815. The molecule has 0 atom stereocenters. The maximum atomic E-state index is 12.8. The molecule has 5 nitrogen and oxygen atoms in total. The van der Waals surface area contributed by atoms with E-state index in [0.29, 0.717) is 18.0 Å². The number of rotatable bonds is 5. The highest BCUT2D eigenvalue weighted by Gasteiger charge is 2.29. The zero-order valence-electron chi connectivity index (χ0n) is 14.0. The van der Waals surface area contributed by atoms with Crippen LogP contribution in [0.25, 0.3) is 0 Å². The van der Waals surface area contributed by atoms with Crippen LogP contribution in [0.15, 0.2) is 23.1 Å². The highest BCUT2D eigenvalue weighted by atomic mass is 32.2. The summed E-state index contributed by atoms with van der Waals surface area (Å²) in [6, 6.07) is 5.62. The minimum absolute atomic E-state index is 0.453. The van der Waals surface area contributed by atoms with Crippen LogP contribution in [0, 0.1) is 13.8 Å². The van der Waals surface area contributed by atoms with Crippen molar-refractivity contribution in [2.75, 3.05) is 53.4 Å². The van der Waals surface area contributed by atoms with Gasteiger partial charge in [0.25, 0.3) is 0 Å². The van der Waals surface area contributed by atoms with Crippen molar-refractivity contribution in [2.45, 2.75) is 18.7 Å². The monoisotopic (exact) mass is 325 g/mol. The number of aryl methyl sites for hydroxylation is 2. The van der Waals surface area contributed by atoms with Gasteiger partial charge in [0.05, 0.1) is 4.90 Å². The molecule has 1 aromatic carbocycles. The summed E-state index contributed by atoms with van der Waals surface area (Å²) in [5, 5.41) is 0. The van der Waals surface area contributed by atoms with E-state index < -0.39 is 10.0 Å². The molecule has 1 aliphatic rings. The van der Waals surface area contributed by atoms with Crippen LogP contribution in [0.4, 0.5) is 0 Å². The summed E-state index contributed by atoms with van der Waals surface area (Å²) in [6.45, 7) is 8.54. The number of hydrogen-bond donors (Lipinski definition) is 0. The van der Waals surface area contributed by atoms with Crippen molar-refractivity contribution in [1.29, 1.82) is 0 Å². The third-order valence-corrected chi connectivity index (χ3v) is 6.20. The van der Waals surface area contributed by atoms with E-state index in [2.05, 4.69) is 23.9 Å². The third-order valence-electron chi connectivity index (χ3n) is 4.16. The number of hydrogen-bond acceptors (Lipinski definition) is 4. The molecule has 124 valence electrons. The van der Waals surface area contributed by atoms with E-state index in [1.165, 1.54) is 0 Å². The van der Waals surface area contributed by atoms with Crippen LogP contribution in [0.5, 0.6) is 0 Å². The zero-order valence-corrected chi connectivity index (χ0v) is 14.9. The summed E-state index contributed by atoms with van der Waals surface area (Å²) in [7, 11) is 0.740. The number of nitrogens with zero attached hydrogens (tertiary/aromatic N) is 3. The molecule has 0 aliphatic carbocycles. The van der Waals surface area contributed by atoms with Gasteiger partial charge in [0, 0.05) is 39.3 Å². The lowest BCUT2D eigenvalue weighted by Crippen LogP contribution is -2.49. The van der Waals surface area contributed by atoms with E-state index in [0.717, 1.165) is 37.3 Å². The van der Waals surface area contributed by atoms with Gasteiger partial charge < -0.3 is 4.90 Å². The highest BCUT2D eigenvalue weighted by molar-refractivity contribution is 7.89. The molecule has 0 unspecified atom stereocenters. The van der Waals surface area contributed by atoms with Crippen LogP contribution < -0.4 is 0 Å². The topological polar surface area (TPSA) is 43.9 Å². The van der Waals surface area contributed by atoms with E-state index in [9.17, 15) is 8.42 Å². The first kappa shape index (κ1) is 17.4. The smallest absolute Gasteiger partial charge is 0.243 e. The number of sulfonamides is 1. The molecule has 0 saturated carbocycles. The fraction of sp³-hybridized carbons (Fsp3) is 0.625. The molecule has 0 amide bonds. The zero-order chi connectivity index (χ0) is 16.3. The Morgan fingerprint density at radius 1 is 1.09 bits per heavy atom. The minimum atomic E-state index is -3.37. The van der Waals surface area contributed by atoms with Gasteiger partial charge in [-0.1, -0.05) is 12.1 Å². The lowest BCUT2D eigenvalue weighted by molar-refractivity contribution is 0.174. The molecule has 0 spiro atoms. The molecule has 0 radical (unpaired) electrons. The third kappa shape index (κ3) is 4.07. The fourth-order valence-corrected chi connectivity index (χ4v) is 4.39. The van der Waals surface area contributed by atoms with E-state index in [4.69, 9.17) is 0 Å². The maximum Gasteiger partial charge on any atom is 0.243 e. The van der Waals surface area contributed by atoms with E-state index >= 15 is 0 Å². The average Bonchev–Trinajstić information content (AvgIpc) is 2.48. The predicted molar refractivity (Wildman–Crippen MR) is 89.7 cm³/mol. The van der Waals surface area contributed by atoms with Gasteiger partial charge in [0.15, 0.2) is 0 Å². The molecule has 0 aromatic heterocycles. The van der Waals surface area contributed by atoms with Crippen LogP contribution in [0.2, 0.25) is 0 Å². The summed E-state index contributed by atoms with van der Waals surface area (Å²) in [6.07, 6.45) is 0. The Balaban J connectivity index is 2.05.